The van der Waals surface area contributed by atoms with Crippen LogP contribution in [0.2, 0.25) is 10.0 Å². The number of aliphatic hydroxyl groups is 2. The van der Waals surface area contributed by atoms with Crippen LogP contribution in [0.1, 0.15) is 6.92 Å². The number of benzene rings is 2. The van der Waals surface area contributed by atoms with Gasteiger partial charge in [-0.05, 0) is 36.4 Å². The van der Waals surface area contributed by atoms with E-state index in [4.69, 9.17) is 44.3 Å². The maximum Gasteiger partial charge on any atom is 0.206 e. The van der Waals surface area contributed by atoms with Gasteiger partial charge in [-0.3, -0.25) is 0 Å². The van der Waals surface area contributed by atoms with E-state index in [9.17, 15) is 27.0 Å². The summed E-state index contributed by atoms with van der Waals surface area (Å²) in [5.41, 5.74) is 0. The largest absolute Gasteiger partial charge is 0.491 e. The van der Waals surface area contributed by atoms with Crippen molar-refractivity contribution in [1.29, 1.82) is 0 Å². The molecule has 2 aromatic carbocycles. The third kappa shape index (κ3) is 7.88. The summed E-state index contributed by atoms with van der Waals surface area (Å²) in [5.74, 6) is -0.304. The van der Waals surface area contributed by atoms with Gasteiger partial charge in [-0.15, -0.1) is 11.6 Å². The lowest BCUT2D eigenvalue weighted by Crippen LogP contribution is -2.27. The van der Waals surface area contributed by atoms with Gasteiger partial charge in [0.15, 0.2) is 15.6 Å². The average Bonchev–Trinajstić information content (AvgIpc) is 2.76. The molecule has 0 bridgehead atoms. The molecule has 0 aliphatic heterocycles. The van der Waals surface area contributed by atoms with E-state index in [0.717, 1.165) is 0 Å². The molecule has 0 unspecified atom stereocenters. The van der Waals surface area contributed by atoms with Crippen molar-refractivity contribution < 1.29 is 36.5 Å². The molecule has 2 atom stereocenters. The number of sulfone groups is 2. The van der Waals surface area contributed by atoms with Gasteiger partial charge in [0.25, 0.3) is 0 Å². The van der Waals surface area contributed by atoms with E-state index in [2.05, 4.69) is 0 Å². The molecule has 13 heteroatoms. The predicted octanol–water partition coefficient (Wildman–Crippen LogP) is 2.98. The number of hydrogen-bond acceptors (Lipinski definition) is 8. The second kappa shape index (κ2) is 11.9. The zero-order chi connectivity index (χ0) is 24.8. The predicted molar refractivity (Wildman–Crippen MR) is 126 cm³/mol. The Labute approximate surface area is 207 Å². The highest BCUT2D eigenvalue weighted by molar-refractivity contribution is 7.91. The van der Waals surface area contributed by atoms with Crippen molar-refractivity contribution in [3.8, 4) is 11.5 Å². The van der Waals surface area contributed by atoms with Crippen molar-refractivity contribution in [1.82, 2.24) is 0 Å². The summed E-state index contributed by atoms with van der Waals surface area (Å²) < 4.78 is 59.7. The van der Waals surface area contributed by atoms with Gasteiger partial charge in [-0.1, -0.05) is 30.1 Å². The second-order valence-corrected chi connectivity index (χ2v) is 12.4. The summed E-state index contributed by atoms with van der Waals surface area (Å²) in [7, 11) is -7.35. The molecule has 0 saturated carbocycles. The number of aliphatic hydroxyl groups excluding tert-OH is 2. The molecule has 2 aromatic rings. The van der Waals surface area contributed by atoms with Gasteiger partial charge in [0.2, 0.25) is 9.84 Å². The fourth-order valence-electron chi connectivity index (χ4n) is 2.56. The molecule has 0 spiro atoms. The Bertz CT molecular complexity index is 1130. The first-order valence-electron chi connectivity index (χ1n) is 9.62. The van der Waals surface area contributed by atoms with Crippen molar-refractivity contribution in [2.45, 2.75) is 28.9 Å². The minimum Gasteiger partial charge on any atom is -0.491 e. The lowest BCUT2D eigenvalue weighted by atomic mass is 10.3. The van der Waals surface area contributed by atoms with E-state index in [-0.39, 0.29) is 56.2 Å². The lowest BCUT2D eigenvalue weighted by Gasteiger charge is -2.14. The molecule has 2 rings (SSSR count). The number of alkyl halides is 1. The highest BCUT2D eigenvalue weighted by Crippen LogP contribution is 2.37. The SMILES string of the molecule is CCS(=O)(=O)C[C@@H](O)COc1ccc(S(=O)(=O)c2cc(Cl)c(OC[C@H](O)CCl)c(Cl)c2)cc1. The molecule has 0 aliphatic rings. The van der Waals surface area contributed by atoms with E-state index in [1.54, 1.807) is 0 Å². The highest BCUT2D eigenvalue weighted by atomic mass is 35.5. The minimum atomic E-state index is -3.99. The Kier molecular flexibility index (Phi) is 10.1. The lowest BCUT2D eigenvalue weighted by molar-refractivity contribution is 0.125. The van der Waals surface area contributed by atoms with Gasteiger partial charge in [-0.25, -0.2) is 16.8 Å². The number of rotatable bonds is 12. The van der Waals surface area contributed by atoms with Crippen LogP contribution in [0.4, 0.5) is 0 Å². The Balaban J connectivity index is 2.14. The molecule has 0 saturated heterocycles. The molecule has 0 aliphatic carbocycles. The Morgan fingerprint density at radius 2 is 1.42 bits per heavy atom. The fourth-order valence-corrected chi connectivity index (χ4v) is 5.60. The van der Waals surface area contributed by atoms with Crippen LogP contribution in [0.5, 0.6) is 11.5 Å². The van der Waals surface area contributed by atoms with Crippen molar-refractivity contribution in [3.05, 3.63) is 46.4 Å². The number of halogens is 3. The maximum absolute atomic E-state index is 13.0. The fraction of sp³-hybridized carbons (Fsp3) is 0.400. The molecule has 8 nitrogen and oxygen atoms in total. The topological polar surface area (TPSA) is 127 Å². The van der Waals surface area contributed by atoms with Crippen LogP contribution in [-0.4, -0.2) is 69.9 Å². The van der Waals surface area contributed by atoms with Gasteiger partial charge >= 0.3 is 0 Å². The first-order chi connectivity index (χ1) is 15.4. The molecule has 0 aromatic heterocycles. The number of hydrogen-bond donors (Lipinski definition) is 2. The third-order valence-electron chi connectivity index (χ3n) is 4.34. The Morgan fingerprint density at radius 1 is 0.879 bits per heavy atom. The summed E-state index contributed by atoms with van der Waals surface area (Å²) in [4.78, 5) is -0.237. The van der Waals surface area contributed by atoms with Crippen molar-refractivity contribution in [2.75, 3.05) is 30.6 Å². The molecule has 0 heterocycles. The van der Waals surface area contributed by atoms with Gasteiger partial charge in [0, 0.05) is 5.75 Å². The zero-order valence-corrected chi connectivity index (χ0v) is 21.3. The smallest absolute Gasteiger partial charge is 0.206 e. The molecule has 0 fully saturated rings. The molecular weight excluding hydrogens is 539 g/mol. The molecular formula is C20H23Cl3O8S2. The van der Waals surface area contributed by atoms with Crippen LogP contribution in [-0.2, 0) is 19.7 Å². The third-order valence-corrected chi connectivity index (χ3v) is 8.78. The van der Waals surface area contributed by atoms with E-state index < -0.39 is 37.6 Å². The highest BCUT2D eigenvalue weighted by Gasteiger charge is 2.22. The van der Waals surface area contributed by atoms with E-state index in [0.29, 0.717) is 0 Å². The van der Waals surface area contributed by atoms with Crippen molar-refractivity contribution >= 4 is 54.5 Å². The van der Waals surface area contributed by atoms with Gasteiger partial charge in [0.05, 0.1) is 31.5 Å². The quantitative estimate of drug-likeness (QED) is 0.379. The number of ether oxygens (including phenoxy) is 2. The van der Waals surface area contributed by atoms with Crippen LogP contribution in [0, 0.1) is 0 Å². The first-order valence-corrected chi connectivity index (χ1v) is 14.2. The summed E-state index contributed by atoms with van der Waals surface area (Å²) in [5, 5.41) is 19.2. The maximum atomic E-state index is 13.0. The van der Waals surface area contributed by atoms with Crippen LogP contribution in [0.25, 0.3) is 0 Å². The molecule has 184 valence electrons. The van der Waals surface area contributed by atoms with Gasteiger partial charge in [0.1, 0.15) is 31.2 Å². The Hall–Kier alpha value is -1.27. The van der Waals surface area contributed by atoms with Crippen molar-refractivity contribution in [3.63, 3.8) is 0 Å². The molecule has 0 radical (unpaired) electrons. The normalized spacial score (nSPS) is 14.0. The molecule has 0 amide bonds. The monoisotopic (exact) mass is 560 g/mol. The van der Waals surface area contributed by atoms with Crippen LogP contribution in [0.15, 0.2) is 46.2 Å². The van der Waals surface area contributed by atoms with E-state index in [1.165, 1.54) is 43.3 Å². The van der Waals surface area contributed by atoms with E-state index >= 15 is 0 Å². The average molecular weight is 562 g/mol. The summed E-state index contributed by atoms with van der Waals surface area (Å²) in [6.45, 7) is 1.04. The van der Waals surface area contributed by atoms with Gasteiger partial charge < -0.3 is 19.7 Å². The first kappa shape index (κ1) is 28.0. The minimum absolute atomic E-state index is 0.0221. The van der Waals surface area contributed by atoms with Gasteiger partial charge in [-0.2, -0.15) is 0 Å². The standard InChI is InChI=1S/C20H23Cl3O8S2/c1-2-32(26,27)12-14(25)11-30-15-3-5-16(6-4-15)33(28,29)17-7-18(22)20(19(23)8-17)31-10-13(24)9-21/h3-8,13-14,24-25H,2,9-12H2,1H3/t13-,14+/m1/s1. The van der Waals surface area contributed by atoms with Crippen LogP contribution < -0.4 is 9.47 Å². The van der Waals surface area contributed by atoms with Crippen LogP contribution >= 0.6 is 34.8 Å². The summed E-state index contributed by atoms with van der Waals surface area (Å²) >= 11 is 17.8. The van der Waals surface area contributed by atoms with E-state index in [1.807, 2.05) is 0 Å². The van der Waals surface area contributed by atoms with Crippen molar-refractivity contribution in [2.24, 2.45) is 0 Å². The second-order valence-electron chi connectivity index (χ2n) is 6.97. The zero-order valence-electron chi connectivity index (χ0n) is 17.4. The Morgan fingerprint density at radius 3 is 1.94 bits per heavy atom. The summed E-state index contributed by atoms with van der Waals surface area (Å²) in [6, 6.07) is 7.70. The molecule has 33 heavy (non-hydrogen) atoms. The molecule has 2 N–H and O–H groups in total. The van der Waals surface area contributed by atoms with Crippen LogP contribution in [0.3, 0.4) is 0 Å². The summed E-state index contributed by atoms with van der Waals surface area (Å²) in [6.07, 6.45) is -2.16.